The molecule has 2 amide bonds. The van der Waals surface area contributed by atoms with E-state index in [1.165, 1.54) is 0 Å². The largest absolute Gasteiger partial charge is 0.486 e. The highest BCUT2D eigenvalue weighted by atomic mass is 16.6. The highest BCUT2D eigenvalue weighted by molar-refractivity contribution is 5.96. The molecule has 2 aromatic carbocycles. The average molecular weight is 382 g/mol. The van der Waals surface area contributed by atoms with Crippen LogP contribution in [-0.2, 0) is 9.59 Å². The highest BCUT2D eigenvalue weighted by Gasteiger charge is 2.13. The lowest BCUT2D eigenvalue weighted by Gasteiger charge is -2.19. The van der Waals surface area contributed by atoms with Crippen molar-refractivity contribution in [2.75, 3.05) is 25.1 Å². The van der Waals surface area contributed by atoms with E-state index in [4.69, 9.17) is 9.47 Å². The van der Waals surface area contributed by atoms with Crippen LogP contribution >= 0.6 is 0 Å². The molecule has 3 rings (SSSR count). The van der Waals surface area contributed by atoms with Crippen molar-refractivity contribution in [3.05, 3.63) is 54.1 Å². The van der Waals surface area contributed by atoms with Gasteiger partial charge in [-0.25, -0.2) is 0 Å². The number of hydrogen-bond donors (Lipinski definition) is 2. The zero-order chi connectivity index (χ0) is 19.8. The Bertz CT molecular complexity index is 851. The van der Waals surface area contributed by atoms with Gasteiger partial charge in [0.15, 0.2) is 17.3 Å². The molecule has 146 valence electrons. The molecular weight excluding hydrogens is 360 g/mol. The number of hydrogen-bond acceptors (Lipinski definition) is 5. The Morgan fingerprint density at radius 2 is 1.61 bits per heavy atom. The summed E-state index contributed by atoms with van der Waals surface area (Å²) in [6.07, 6.45) is 0.917. The predicted octanol–water partition coefficient (Wildman–Crippen LogP) is 2.57. The second-order valence-electron chi connectivity index (χ2n) is 6.33. The molecule has 0 fully saturated rings. The van der Waals surface area contributed by atoms with Crippen LogP contribution in [0.5, 0.6) is 11.5 Å². The first-order valence-electron chi connectivity index (χ1n) is 9.16. The van der Waals surface area contributed by atoms with Gasteiger partial charge in [0.05, 0.1) is 6.54 Å². The molecule has 0 spiro atoms. The van der Waals surface area contributed by atoms with Crippen molar-refractivity contribution < 1.29 is 23.9 Å². The lowest BCUT2D eigenvalue weighted by atomic mass is 10.1. The van der Waals surface area contributed by atoms with Crippen molar-refractivity contribution in [2.45, 2.75) is 19.3 Å². The van der Waals surface area contributed by atoms with E-state index in [9.17, 15) is 14.4 Å². The summed E-state index contributed by atoms with van der Waals surface area (Å²) in [5.74, 6) is 0.618. The quantitative estimate of drug-likeness (QED) is 0.685. The summed E-state index contributed by atoms with van der Waals surface area (Å²) >= 11 is 0. The summed E-state index contributed by atoms with van der Waals surface area (Å²) < 4.78 is 10.9. The molecule has 7 heteroatoms. The number of anilines is 1. The summed E-state index contributed by atoms with van der Waals surface area (Å²) in [5, 5.41) is 5.26. The molecule has 0 radical (unpaired) electrons. The molecule has 1 aliphatic heterocycles. The summed E-state index contributed by atoms with van der Waals surface area (Å²) in [7, 11) is 0. The lowest BCUT2D eigenvalue weighted by Crippen LogP contribution is -2.32. The Hall–Kier alpha value is -3.35. The van der Waals surface area contributed by atoms with Gasteiger partial charge in [0, 0.05) is 30.2 Å². The van der Waals surface area contributed by atoms with Crippen LogP contribution in [0.15, 0.2) is 48.5 Å². The maximum atomic E-state index is 12.0. The number of fused-ring (bicyclic) bond motifs is 1. The van der Waals surface area contributed by atoms with E-state index < -0.39 is 0 Å². The normalized spacial score (nSPS) is 12.1. The molecule has 2 aromatic rings. The summed E-state index contributed by atoms with van der Waals surface area (Å²) in [5.41, 5.74) is 1.21. The summed E-state index contributed by atoms with van der Waals surface area (Å²) in [6.45, 7) is 0.828. The lowest BCUT2D eigenvalue weighted by molar-refractivity contribution is -0.124. The number of amides is 2. The standard InChI is InChI=1S/C21H22N2O5/c24-17(15-5-2-1-3-6-15)7-4-8-20(25)22-14-21(26)23-16-9-10-18-19(13-16)28-12-11-27-18/h1-3,5-6,9-10,13H,4,7-8,11-12,14H2,(H,22,25)(H,23,26). The zero-order valence-electron chi connectivity index (χ0n) is 15.4. The topological polar surface area (TPSA) is 93.7 Å². The Kier molecular flexibility index (Phi) is 6.62. The fourth-order valence-corrected chi connectivity index (χ4v) is 2.77. The van der Waals surface area contributed by atoms with Crippen molar-refractivity contribution in [1.29, 1.82) is 0 Å². The minimum Gasteiger partial charge on any atom is -0.486 e. The van der Waals surface area contributed by atoms with E-state index in [0.29, 0.717) is 48.8 Å². The molecule has 1 heterocycles. The van der Waals surface area contributed by atoms with Crippen molar-refractivity contribution in [3.63, 3.8) is 0 Å². The maximum Gasteiger partial charge on any atom is 0.243 e. The first kappa shape index (κ1) is 19.4. The Morgan fingerprint density at radius 3 is 2.39 bits per heavy atom. The fourth-order valence-electron chi connectivity index (χ4n) is 2.77. The van der Waals surface area contributed by atoms with Gasteiger partial charge >= 0.3 is 0 Å². The average Bonchev–Trinajstić information content (AvgIpc) is 2.73. The molecule has 7 nitrogen and oxygen atoms in total. The van der Waals surface area contributed by atoms with E-state index in [-0.39, 0.29) is 30.6 Å². The van der Waals surface area contributed by atoms with Gasteiger partial charge in [0.1, 0.15) is 13.2 Å². The first-order chi connectivity index (χ1) is 13.6. The molecule has 0 atom stereocenters. The van der Waals surface area contributed by atoms with Crippen LogP contribution in [0.25, 0.3) is 0 Å². The van der Waals surface area contributed by atoms with Crippen LogP contribution < -0.4 is 20.1 Å². The number of Topliss-reactive ketones (excluding diaryl/α,β-unsaturated/α-hetero) is 1. The highest BCUT2D eigenvalue weighted by Crippen LogP contribution is 2.32. The second kappa shape index (κ2) is 9.55. The van der Waals surface area contributed by atoms with E-state index >= 15 is 0 Å². The minimum atomic E-state index is -0.342. The van der Waals surface area contributed by atoms with Gasteiger partial charge < -0.3 is 20.1 Å². The molecule has 2 N–H and O–H groups in total. The number of nitrogens with one attached hydrogen (secondary N) is 2. The fraction of sp³-hybridized carbons (Fsp3) is 0.286. The van der Waals surface area contributed by atoms with Crippen LogP contribution in [0.3, 0.4) is 0 Å². The Morgan fingerprint density at radius 1 is 0.857 bits per heavy atom. The SMILES string of the molecule is O=C(CCCC(=O)c1ccccc1)NCC(=O)Nc1ccc2c(c1)OCCO2. The van der Waals surface area contributed by atoms with Crippen molar-refractivity contribution in [1.82, 2.24) is 5.32 Å². The molecule has 28 heavy (non-hydrogen) atoms. The van der Waals surface area contributed by atoms with Gasteiger partial charge in [0.2, 0.25) is 11.8 Å². The molecule has 0 aliphatic carbocycles. The third-order valence-corrected chi connectivity index (χ3v) is 4.18. The molecule has 0 unspecified atom stereocenters. The number of carbonyl (C=O) groups excluding carboxylic acids is 3. The monoisotopic (exact) mass is 382 g/mol. The number of ether oxygens (including phenoxy) is 2. The van der Waals surface area contributed by atoms with Gasteiger partial charge in [-0.1, -0.05) is 30.3 Å². The summed E-state index contributed by atoms with van der Waals surface area (Å²) in [4.78, 5) is 35.9. The molecule has 0 saturated heterocycles. The number of carbonyl (C=O) groups is 3. The molecule has 1 aliphatic rings. The van der Waals surface area contributed by atoms with Gasteiger partial charge in [-0.15, -0.1) is 0 Å². The van der Waals surface area contributed by atoms with Crippen molar-refractivity contribution >= 4 is 23.3 Å². The van der Waals surface area contributed by atoms with E-state index in [0.717, 1.165) is 0 Å². The molecule has 0 aromatic heterocycles. The maximum absolute atomic E-state index is 12.0. The first-order valence-corrected chi connectivity index (χ1v) is 9.16. The third-order valence-electron chi connectivity index (χ3n) is 4.18. The number of ketones is 1. The van der Waals surface area contributed by atoms with Crippen LogP contribution in [0, 0.1) is 0 Å². The summed E-state index contributed by atoms with van der Waals surface area (Å²) in [6, 6.07) is 14.1. The van der Waals surface area contributed by atoms with Gasteiger partial charge in [0.25, 0.3) is 0 Å². The molecule has 0 saturated carbocycles. The predicted molar refractivity (Wildman–Crippen MR) is 104 cm³/mol. The third kappa shape index (κ3) is 5.57. The Labute approximate surface area is 163 Å². The van der Waals surface area contributed by atoms with Crippen LogP contribution in [-0.4, -0.2) is 37.4 Å². The van der Waals surface area contributed by atoms with Gasteiger partial charge in [-0.05, 0) is 18.6 Å². The second-order valence-corrected chi connectivity index (χ2v) is 6.33. The Balaban J connectivity index is 1.36. The minimum absolute atomic E-state index is 0.00440. The van der Waals surface area contributed by atoms with E-state index in [2.05, 4.69) is 10.6 Å². The zero-order valence-corrected chi connectivity index (χ0v) is 15.4. The van der Waals surface area contributed by atoms with E-state index in [1.807, 2.05) is 6.07 Å². The van der Waals surface area contributed by atoms with Crippen molar-refractivity contribution in [3.8, 4) is 11.5 Å². The number of benzene rings is 2. The van der Waals surface area contributed by atoms with Crippen LogP contribution in [0.4, 0.5) is 5.69 Å². The van der Waals surface area contributed by atoms with E-state index in [1.54, 1.807) is 42.5 Å². The molecular formula is C21H22N2O5. The molecule has 0 bridgehead atoms. The van der Waals surface area contributed by atoms with Gasteiger partial charge in [-0.2, -0.15) is 0 Å². The van der Waals surface area contributed by atoms with Crippen molar-refractivity contribution in [2.24, 2.45) is 0 Å². The smallest absolute Gasteiger partial charge is 0.243 e. The van der Waals surface area contributed by atoms with Crippen LogP contribution in [0.2, 0.25) is 0 Å². The van der Waals surface area contributed by atoms with Gasteiger partial charge in [-0.3, -0.25) is 14.4 Å². The number of rotatable bonds is 8. The van der Waals surface area contributed by atoms with Crippen LogP contribution in [0.1, 0.15) is 29.6 Å².